The van der Waals surface area contributed by atoms with Crippen LogP contribution >= 0.6 is 0 Å². The Morgan fingerprint density at radius 3 is 2.29 bits per heavy atom. The molecule has 1 aliphatic carbocycles. The molecular formula is C15H27NO4S. The summed E-state index contributed by atoms with van der Waals surface area (Å²) in [5, 5.41) is 12.4. The molecule has 5 nitrogen and oxygen atoms in total. The van der Waals surface area contributed by atoms with Crippen molar-refractivity contribution in [2.75, 3.05) is 18.1 Å². The summed E-state index contributed by atoms with van der Waals surface area (Å²) in [5.74, 6) is 0.520. The minimum Gasteiger partial charge on any atom is -0.394 e. The second kappa shape index (κ2) is 7.58. The maximum absolute atomic E-state index is 12.2. The summed E-state index contributed by atoms with van der Waals surface area (Å²) in [4.78, 5) is 12.2. The molecule has 2 fully saturated rings. The van der Waals surface area contributed by atoms with E-state index in [4.69, 9.17) is 0 Å². The molecule has 1 saturated heterocycles. The molecular weight excluding hydrogens is 290 g/mol. The zero-order valence-corrected chi connectivity index (χ0v) is 13.4. The van der Waals surface area contributed by atoms with E-state index in [1.54, 1.807) is 0 Å². The van der Waals surface area contributed by atoms with Gasteiger partial charge in [0.25, 0.3) is 0 Å². The Labute approximate surface area is 127 Å². The smallest absolute Gasteiger partial charge is 0.223 e. The molecule has 0 spiro atoms. The van der Waals surface area contributed by atoms with Crippen LogP contribution in [0.2, 0.25) is 0 Å². The topological polar surface area (TPSA) is 83.5 Å². The van der Waals surface area contributed by atoms with Crippen molar-refractivity contribution in [2.45, 2.75) is 57.4 Å². The van der Waals surface area contributed by atoms with Gasteiger partial charge in [-0.2, -0.15) is 0 Å². The number of amides is 1. The van der Waals surface area contributed by atoms with Crippen LogP contribution in [-0.4, -0.2) is 43.6 Å². The monoisotopic (exact) mass is 317 g/mol. The summed E-state index contributed by atoms with van der Waals surface area (Å²) in [6.07, 6.45) is 7.83. The molecule has 122 valence electrons. The summed E-state index contributed by atoms with van der Waals surface area (Å²) in [6, 6.07) is -0.181. The SMILES string of the molecule is O=C(NC(CO)CC1CCCCC1)C1CCS(=O)(=O)CC1. The summed E-state index contributed by atoms with van der Waals surface area (Å²) >= 11 is 0. The van der Waals surface area contributed by atoms with Crippen molar-refractivity contribution >= 4 is 15.7 Å². The molecule has 21 heavy (non-hydrogen) atoms. The Kier molecular flexibility index (Phi) is 6.05. The van der Waals surface area contributed by atoms with Crippen LogP contribution in [0.5, 0.6) is 0 Å². The molecule has 1 unspecified atom stereocenters. The third-order valence-corrected chi connectivity index (χ3v) is 6.55. The van der Waals surface area contributed by atoms with Crippen LogP contribution in [0.25, 0.3) is 0 Å². The van der Waals surface area contributed by atoms with E-state index in [1.807, 2.05) is 0 Å². The molecule has 6 heteroatoms. The van der Waals surface area contributed by atoms with E-state index >= 15 is 0 Å². The quantitative estimate of drug-likeness (QED) is 0.799. The van der Waals surface area contributed by atoms with Gasteiger partial charge >= 0.3 is 0 Å². The number of rotatable bonds is 5. The molecule has 1 heterocycles. The second-order valence-electron chi connectivity index (χ2n) is 6.55. The number of hydrogen-bond donors (Lipinski definition) is 2. The van der Waals surface area contributed by atoms with Crippen LogP contribution in [0.15, 0.2) is 0 Å². The highest BCUT2D eigenvalue weighted by Crippen LogP contribution is 2.27. The molecule has 2 rings (SSSR count). The average molecular weight is 317 g/mol. The van der Waals surface area contributed by atoms with E-state index in [-0.39, 0.29) is 36.0 Å². The predicted octanol–water partition coefficient (Wildman–Crippen LogP) is 1.26. The zero-order valence-electron chi connectivity index (χ0n) is 12.6. The van der Waals surface area contributed by atoms with Crippen molar-refractivity contribution in [1.82, 2.24) is 5.32 Å². The van der Waals surface area contributed by atoms with Gasteiger partial charge in [-0.1, -0.05) is 32.1 Å². The molecule has 0 aromatic carbocycles. The number of carbonyl (C=O) groups is 1. The van der Waals surface area contributed by atoms with Crippen LogP contribution in [0.1, 0.15) is 51.4 Å². The fraction of sp³-hybridized carbons (Fsp3) is 0.933. The van der Waals surface area contributed by atoms with Gasteiger partial charge in [-0.15, -0.1) is 0 Å². The van der Waals surface area contributed by atoms with Crippen LogP contribution in [0, 0.1) is 11.8 Å². The first kappa shape index (κ1) is 16.7. The first-order valence-corrected chi connectivity index (χ1v) is 9.94. The number of aliphatic hydroxyl groups excluding tert-OH is 1. The molecule has 2 aliphatic rings. The molecule has 1 atom stereocenters. The first-order valence-electron chi connectivity index (χ1n) is 8.12. The Bertz CT molecular complexity index is 429. The number of hydrogen-bond acceptors (Lipinski definition) is 4. The van der Waals surface area contributed by atoms with Crippen molar-refractivity contribution in [3.8, 4) is 0 Å². The van der Waals surface area contributed by atoms with Crippen molar-refractivity contribution < 1.29 is 18.3 Å². The van der Waals surface area contributed by atoms with E-state index < -0.39 is 9.84 Å². The Hall–Kier alpha value is -0.620. The molecule has 0 bridgehead atoms. The Morgan fingerprint density at radius 2 is 1.71 bits per heavy atom. The minimum absolute atomic E-state index is 0.0345. The zero-order chi connectivity index (χ0) is 15.3. The summed E-state index contributed by atoms with van der Waals surface area (Å²) in [6.45, 7) is -0.0345. The summed E-state index contributed by atoms with van der Waals surface area (Å²) in [7, 11) is -2.94. The minimum atomic E-state index is -2.94. The highest BCUT2D eigenvalue weighted by Gasteiger charge is 2.30. The predicted molar refractivity (Wildman–Crippen MR) is 81.6 cm³/mol. The van der Waals surface area contributed by atoms with Crippen LogP contribution in [0.3, 0.4) is 0 Å². The van der Waals surface area contributed by atoms with Crippen molar-refractivity contribution in [3.05, 3.63) is 0 Å². The van der Waals surface area contributed by atoms with Crippen LogP contribution in [-0.2, 0) is 14.6 Å². The van der Waals surface area contributed by atoms with Gasteiger partial charge in [-0.3, -0.25) is 4.79 Å². The van der Waals surface area contributed by atoms with Gasteiger partial charge in [0, 0.05) is 5.92 Å². The van der Waals surface area contributed by atoms with E-state index in [2.05, 4.69) is 5.32 Å². The van der Waals surface area contributed by atoms with Gasteiger partial charge < -0.3 is 10.4 Å². The molecule has 2 N–H and O–H groups in total. The summed E-state index contributed by atoms with van der Waals surface area (Å²) in [5.41, 5.74) is 0. The van der Waals surface area contributed by atoms with Gasteiger partial charge in [0.1, 0.15) is 9.84 Å². The van der Waals surface area contributed by atoms with Crippen molar-refractivity contribution in [2.24, 2.45) is 11.8 Å². The third-order valence-electron chi connectivity index (χ3n) is 4.83. The van der Waals surface area contributed by atoms with Gasteiger partial charge in [0.05, 0.1) is 24.2 Å². The maximum atomic E-state index is 12.2. The standard InChI is InChI=1S/C15H27NO4S/c17-11-14(10-12-4-2-1-3-5-12)16-15(18)13-6-8-21(19,20)9-7-13/h12-14,17H,1-11H2,(H,16,18). The number of sulfone groups is 1. The largest absolute Gasteiger partial charge is 0.394 e. The van der Waals surface area contributed by atoms with Gasteiger partial charge in [-0.05, 0) is 25.2 Å². The van der Waals surface area contributed by atoms with Gasteiger partial charge in [0.15, 0.2) is 0 Å². The highest BCUT2D eigenvalue weighted by atomic mass is 32.2. The molecule has 1 amide bonds. The second-order valence-corrected chi connectivity index (χ2v) is 8.86. The lowest BCUT2D eigenvalue weighted by Crippen LogP contribution is -2.44. The van der Waals surface area contributed by atoms with Crippen LogP contribution < -0.4 is 5.32 Å². The molecule has 0 aromatic rings. The van der Waals surface area contributed by atoms with E-state index in [0.29, 0.717) is 18.8 Å². The summed E-state index contributed by atoms with van der Waals surface area (Å²) < 4.78 is 22.8. The lowest BCUT2D eigenvalue weighted by molar-refractivity contribution is -0.126. The molecule has 1 saturated carbocycles. The molecule has 0 radical (unpaired) electrons. The normalized spacial score (nSPS) is 25.4. The Morgan fingerprint density at radius 1 is 1.10 bits per heavy atom. The highest BCUT2D eigenvalue weighted by molar-refractivity contribution is 7.91. The van der Waals surface area contributed by atoms with E-state index in [0.717, 1.165) is 6.42 Å². The van der Waals surface area contributed by atoms with E-state index in [1.165, 1.54) is 32.1 Å². The fourth-order valence-electron chi connectivity index (χ4n) is 3.48. The maximum Gasteiger partial charge on any atom is 0.223 e. The third kappa shape index (κ3) is 5.25. The van der Waals surface area contributed by atoms with Gasteiger partial charge in [-0.25, -0.2) is 8.42 Å². The first-order chi connectivity index (χ1) is 10.00. The van der Waals surface area contributed by atoms with E-state index in [9.17, 15) is 18.3 Å². The average Bonchev–Trinajstić information content (AvgIpc) is 2.47. The number of nitrogens with one attached hydrogen (secondary N) is 1. The lowest BCUT2D eigenvalue weighted by Gasteiger charge is -2.28. The fourth-order valence-corrected chi connectivity index (χ4v) is 4.97. The lowest BCUT2D eigenvalue weighted by atomic mass is 9.85. The Balaban J connectivity index is 1.79. The van der Waals surface area contributed by atoms with Crippen molar-refractivity contribution in [1.29, 1.82) is 0 Å². The van der Waals surface area contributed by atoms with Crippen LogP contribution in [0.4, 0.5) is 0 Å². The number of aliphatic hydroxyl groups is 1. The van der Waals surface area contributed by atoms with Crippen molar-refractivity contribution in [3.63, 3.8) is 0 Å². The number of carbonyl (C=O) groups excluding carboxylic acids is 1. The van der Waals surface area contributed by atoms with Gasteiger partial charge in [0.2, 0.25) is 5.91 Å². The molecule has 1 aliphatic heterocycles. The molecule has 0 aromatic heterocycles.